The molecule has 0 radical (unpaired) electrons. The predicted octanol–water partition coefficient (Wildman–Crippen LogP) is 20.0. The van der Waals surface area contributed by atoms with Gasteiger partial charge in [0.05, 0.1) is 0 Å². The van der Waals surface area contributed by atoms with Gasteiger partial charge in [-0.3, -0.25) is 14.4 Å². The number of carbonyl (C=O) groups excluding carboxylic acids is 3. The molecule has 6 nitrogen and oxygen atoms in total. The van der Waals surface area contributed by atoms with E-state index in [2.05, 4.69) is 34.6 Å². The third-order valence-corrected chi connectivity index (χ3v) is 14.0. The molecule has 6 heteroatoms. The summed E-state index contributed by atoms with van der Waals surface area (Å²) in [6, 6.07) is 0. The van der Waals surface area contributed by atoms with Crippen molar-refractivity contribution in [2.45, 2.75) is 349 Å². The molecule has 0 heterocycles. The fraction of sp³-hybridized carbons (Fsp3) is 0.951. The minimum Gasteiger partial charge on any atom is -0.462 e. The molecular weight excluding hydrogens is 829 g/mol. The fourth-order valence-electron chi connectivity index (χ4n) is 9.40. The van der Waals surface area contributed by atoms with Crippen LogP contribution in [0.2, 0.25) is 0 Å². The normalized spacial score (nSPS) is 12.0. The van der Waals surface area contributed by atoms with Gasteiger partial charge in [0.2, 0.25) is 0 Å². The highest BCUT2D eigenvalue weighted by Gasteiger charge is 2.19. The van der Waals surface area contributed by atoms with Crippen LogP contribution in [0.25, 0.3) is 0 Å². The molecule has 0 amide bonds. The lowest BCUT2D eigenvalue weighted by Crippen LogP contribution is -2.30. The quantitative estimate of drug-likeness (QED) is 0.0343. The fourth-order valence-corrected chi connectivity index (χ4v) is 9.40. The Morgan fingerprint density at radius 2 is 0.493 bits per heavy atom. The Balaban J connectivity index is 4.20. The zero-order valence-corrected chi connectivity index (χ0v) is 46.0. The lowest BCUT2D eigenvalue weighted by atomic mass is 10.0. The van der Waals surface area contributed by atoms with Gasteiger partial charge in [0.1, 0.15) is 13.2 Å². The molecule has 0 aromatic carbocycles. The van der Waals surface area contributed by atoms with Crippen LogP contribution in [-0.2, 0) is 28.6 Å². The third kappa shape index (κ3) is 55.2. The Bertz CT molecular complexity index is 1020. The first-order valence-electron chi connectivity index (χ1n) is 30.2. The van der Waals surface area contributed by atoms with E-state index in [1.165, 1.54) is 231 Å². The molecule has 1 atom stereocenters. The summed E-state index contributed by atoms with van der Waals surface area (Å²) in [5.74, 6) is 0.813. The van der Waals surface area contributed by atoms with Crippen LogP contribution >= 0.6 is 0 Å². The second kappa shape index (κ2) is 53.8. The Morgan fingerprint density at radius 3 is 0.731 bits per heavy atom. The first kappa shape index (κ1) is 65.4. The van der Waals surface area contributed by atoms with Crippen LogP contribution in [0.4, 0.5) is 0 Å². The molecule has 0 spiro atoms. The van der Waals surface area contributed by atoms with E-state index in [1.807, 2.05) is 0 Å². The predicted molar refractivity (Wildman–Crippen MR) is 289 cm³/mol. The number of hydrogen-bond donors (Lipinski definition) is 0. The van der Waals surface area contributed by atoms with Gasteiger partial charge in [0.15, 0.2) is 6.10 Å². The molecule has 0 aliphatic carbocycles. The molecule has 0 saturated heterocycles. The Hall–Kier alpha value is -1.59. The van der Waals surface area contributed by atoms with Crippen molar-refractivity contribution in [3.05, 3.63) is 0 Å². The third-order valence-electron chi connectivity index (χ3n) is 14.0. The summed E-state index contributed by atoms with van der Waals surface area (Å²) in [7, 11) is 0. The molecule has 0 aliphatic heterocycles. The second-order valence-corrected chi connectivity index (χ2v) is 21.9. The van der Waals surface area contributed by atoms with E-state index in [1.54, 1.807) is 0 Å². The minimum absolute atomic E-state index is 0.0630. The van der Waals surface area contributed by atoms with Crippen LogP contribution < -0.4 is 0 Å². The van der Waals surface area contributed by atoms with Gasteiger partial charge in [-0.2, -0.15) is 0 Å². The van der Waals surface area contributed by atoms with Gasteiger partial charge in [0, 0.05) is 19.3 Å². The van der Waals surface area contributed by atoms with Gasteiger partial charge in [-0.25, -0.2) is 0 Å². The molecule has 0 fully saturated rings. The molecule has 398 valence electrons. The SMILES string of the molecule is CCCCCCCCCCCCCCCCCCCC(=O)OC[C@@H](COC(=O)CCCCCCCCCCCCCCCCCCCCC(C)C)OC(=O)CCCCCCCCCCC(C)C. The van der Waals surface area contributed by atoms with Crippen LogP contribution in [0.5, 0.6) is 0 Å². The smallest absolute Gasteiger partial charge is 0.306 e. The molecular formula is C61H118O6. The van der Waals surface area contributed by atoms with E-state index >= 15 is 0 Å². The van der Waals surface area contributed by atoms with E-state index in [4.69, 9.17) is 14.2 Å². The van der Waals surface area contributed by atoms with Crippen molar-refractivity contribution in [3.63, 3.8) is 0 Å². The topological polar surface area (TPSA) is 78.9 Å². The van der Waals surface area contributed by atoms with Crippen LogP contribution in [0, 0.1) is 11.8 Å². The summed E-state index contributed by atoms with van der Waals surface area (Å²) >= 11 is 0. The van der Waals surface area contributed by atoms with Gasteiger partial charge >= 0.3 is 17.9 Å². The van der Waals surface area contributed by atoms with Crippen LogP contribution in [0.15, 0.2) is 0 Å². The van der Waals surface area contributed by atoms with Crippen molar-refractivity contribution in [2.24, 2.45) is 11.8 Å². The van der Waals surface area contributed by atoms with E-state index in [0.29, 0.717) is 19.3 Å². The number of ether oxygens (including phenoxy) is 3. The average molecular weight is 948 g/mol. The lowest BCUT2D eigenvalue weighted by molar-refractivity contribution is -0.167. The Kier molecular flexibility index (Phi) is 52.5. The van der Waals surface area contributed by atoms with Crippen LogP contribution in [0.3, 0.4) is 0 Å². The van der Waals surface area contributed by atoms with E-state index in [-0.39, 0.29) is 31.1 Å². The Morgan fingerprint density at radius 1 is 0.284 bits per heavy atom. The maximum atomic E-state index is 12.8. The van der Waals surface area contributed by atoms with Crippen LogP contribution in [-0.4, -0.2) is 37.2 Å². The molecule has 0 aromatic heterocycles. The summed E-state index contributed by atoms with van der Waals surface area (Å²) in [6.07, 6.45) is 58.2. The first-order valence-corrected chi connectivity index (χ1v) is 30.2. The summed E-state index contributed by atoms with van der Waals surface area (Å²) < 4.78 is 16.9. The number of esters is 3. The molecule has 0 saturated carbocycles. The zero-order chi connectivity index (χ0) is 48.9. The number of unbranched alkanes of at least 4 members (excludes halogenated alkanes) is 40. The highest BCUT2D eigenvalue weighted by Crippen LogP contribution is 2.18. The van der Waals surface area contributed by atoms with Gasteiger partial charge in [-0.1, -0.05) is 304 Å². The van der Waals surface area contributed by atoms with E-state index < -0.39 is 6.10 Å². The number of rotatable bonds is 55. The van der Waals surface area contributed by atoms with Crippen molar-refractivity contribution < 1.29 is 28.6 Å². The molecule has 0 rings (SSSR count). The number of carbonyl (C=O) groups is 3. The van der Waals surface area contributed by atoms with Gasteiger partial charge < -0.3 is 14.2 Å². The molecule has 0 aromatic rings. The van der Waals surface area contributed by atoms with Crippen LogP contribution in [0.1, 0.15) is 343 Å². The second-order valence-electron chi connectivity index (χ2n) is 21.9. The molecule has 0 bridgehead atoms. The van der Waals surface area contributed by atoms with Crippen molar-refractivity contribution in [3.8, 4) is 0 Å². The largest absolute Gasteiger partial charge is 0.462 e. The van der Waals surface area contributed by atoms with Crippen molar-refractivity contribution in [1.29, 1.82) is 0 Å². The summed E-state index contributed by atoms with van der Waals surface area (Å²) in [5.41, 5.74) is 0. The molecule has 0 unspecified atom stereocenters. The Labute approximate surface area is 418 Å². The van der Waals surface area contributed by atoms with E-state index in [9.17, 15) is 14.4 Å². The highest BCUT2D eigenvalue weighted by atomic mass is 16.6. The summed E-state index contributed by atoms with van der Waals surface area (Å²) in [4.78, 5) is 38.1. The minimum atomic E-state index is -0.763. The first-order chi connectivity index (χ1) is 32.7. The van der Waals surface area contributed by atoms with Gasteiger partial charge in [0.25, 0.3) is 0 Å². The van der Waals surface area contributed by atoms with Crippen molar-refractivity contribution in [2.75, 3.05) is 13.2 Å². The standard InChI is InChI=1S/C61H118O6/c1-6-7-8-9-10-11-12-13-14-17-21-24-27-30-36-41-46-51-59(62)65-54-58(67-61(64)53-48-43-38-33-32-35-40-45-50-57(4)5)55-66-60(63)52-47-42-37-31-28-25-22-19-16-15-18-20-23-26-29-34-39-44-49-56(2)3/h56-58H,6-55H2,1-5H3/t58-/m0/s1. The summed E-state index contributed by atoms with van der Waals surface area (Å²) in [6.45, 7) is 11.4. The van der Waals surface area contributed by atoms with E-state index in [0.717, 1.165) is 69.6 Å². The average Bonchev–Trinajstić information content (AvgIpc) is 3.30. The molecule has 0 aliphatic rings. The monoisotopic (exact) mass is 947 g/mol. The number of hydrogen-bond acceptors (Lipinski definition) is 6. The van der Waals surface area contributed by atoms with Crippen molar-refractivity contribution in [1.82, 2.24) is 0 Å². The lowest BCUT2D eigenvalue weighted by Gasteiger charge is -2.18. The van der Waals surface area contributed by atoms with Gasteiger partial charge in [-0.05, 0) is 31.1 Å². The van der Waals surface area contributed by atoms with Gasteiger partial charge in [-0.15, -0.1) is 0 Å². The molecule has 0 N–H and O–H groups in total. The van der Waals surface area contributed by atoms with Crippen molar-refractivity contribution >= 4 is 17.9 Å². The molecule has 67 heavy (non-hydrogen) atoms. The zero-order valence-electron chi connectivity index (χ0n) is 46.0. The maximum absolute atomic E-state index is 12.8. The highest BCUT2D eigenvalue weighted by molar-refractivity contribution is 5.71. The maximum Gasteiger partial charge on any atom is 0.306 e. The summed E-state index contributed by atoms with van der Waals surface area (Å²) in [5, 5.41) is 0.